The van der Waals surface area contributed by atoms with Gasteiger partial charge in [-0.15, -0.1) is 0 Å². The van der Waals surface area contributed by atoms with Crippen molar-refractivity contribution in [2.45, 2.75) is 27.2 Å². The fraction of sp³-hybridized carbons (Fsp3) is 0.750. The van der Waals surface area contributed by atoms with Crippen molar-refractivity contribution in [3.63, 3.8) is 0 Å². The molecule has 0 heterocycles. The third-order valence-electron chi connectivity index (χ3n) is 2.00. The summed E-state index contributed by atoms with van der Waals surface area (Å²) < 4.78 is 0. The van der Waals surface area contributed by atoms with Crippen LogP contribution < -0.4 is 5.32 Å². The molecule has 0 aromatic rings. The summed E-state index contributed by atoms with van der Waals surface area (Å²) in [5.41, 5.74) is 1.36. The van der Waals surface area contributed by atoms with Gasteiger partial charge in [-0.05, 0) is 6.42 Å². The molecular weight excluding hydrogens is 110 g/mol. The van der Waals surface area contributed by atoms with Crippen molar-refractivity contribution in [2.24, 2.45) is 5.41 Å². The number of hydrogen-bond donors (Lipinski definition) is 1. The van der Waals surface area contributed by atoms with E-state index >= 15 is 0 Å². The maximum atomic E-state index is 3.90. The van der Waals surface area contributed by atoms with E-state index in [9.17, 15) is 0 Å². The average Bonchev–Trinajstić information content (AvgIpc) is 1.86. The van der Waals surface area contributed by atoms with Gasteiger partial charge in [0.15, 0.2) is 0 Å². The Morgan fingerprint density at radius 1 is 1.56 bits per heavy atom. The summed E-state index contributed by atoms with van der Waals surface area (Å²) in [4.78, 5) is 0. The van der Waals surface area contributed by atoms with E-state index < -0.39 is 0 Å². The molecule has 0 saturated heterocycles. The molecule has 0 aliphatic heterocycles. The van der Waals surface area contributed by atoms with Crippen LogP contribution in [0.4, 0.5) is 0 Å². The van der Waals surface area contributed by atoms with Crippen LogP contribution in [0.25, 0.3) is 0 Å². The highest BCUT2D eigenvalue weighted by molar-refractivity contribution is 5.02. The zero-order chi connectivity index (χ0) is 7.49. The Balaban J connectivity index is 3.97. The molecule has 0 rings (SSSR count). The van der Waals surface area contributed by atoms with Crippen molar-refractivity contribution >= 4 is 0 Å². The minimum Gasteiger partial charge on any atom is -0.391 e. The second-order valence-corrected chi connectivity index (χ2v) is 2.97. The predicted octanol–water partition coefficient (Wildman–Crippen LogP) is 2.16. The molecule has 0 bridgehead atoms. The fourth-order valence-corrected chi connectivity index (χ4v) is 0.552. The van der Waals surface area contributed by atoms with E-state index in [-0.39, 0.29) is 5.41 Å². The van der Waals surface area contributed by atoms with Gasteiger partial charge in [0.2, 0.25) is 0 Å². The first kappa shape index (κ1) is 8.54. The highest BCUT2D eigenvalue weighted by atomic mass is 14.8. The molecule has 0 aromatic heterocycles. The van der Waals surface area contributed by atoms with E-state index in [0.29, 0.717) is 0 Å². The molecule has 0 atom stereocenters. The highest BCUT2D eigenvalue weighted by Crippen LogP contribution is 2.25. The summed E-state index contributed by atoms with van der Waals surface area (Å²) in [5.74, 6) is 0. The van der Waals surface area contributed by atoms with E-state index in [1.807, 2.05) is 7.05 Å². The number of nitrogens with one attached hydrogen (secondary N) is 1. The smallest absolute Gasteiger partial charge is 0.00883 e. The first-order chi connectivity index (χ1) is 4.04. The van der Waals surface area contributed by atoms with Crippen molar-refractivity contribution in [1.82, 2.24) is 5.32 Å². The largest absolute Gasteiger partial charge is 0.391 e. The van der Waals surface area contributed by atoms with Gasteiger partial charge in [0.05, 0.1) is 0 Å². The van der Waals surface area contributed by atoms with Gasteiger partial charge in [-0.2, -0.15) is 0 Å². The first-order valence-corrected chi connectivity index (χ1v) is 3.41. The van der Waals surface area contributed by atoms with Crippen LogP contribution in [-0.2, 0) is 0 Å². The molecule has 0 aliphatic rings. The summed E-state index contributed by atoms with van der Waals surface area (Å²) in [6.45, 7) is 10.4. The van der Waals surface area contributed by atoms with Crippen molar-refractivity contribution in [1.29, 1.82) is 0 Å². The van der Waals surface area contributed by atoms with Gasteiger partial charge in [0.25, 0.3) is 0 Å². The lowest BCUT2D eigenvalue weighted by Gasteiger charge is -2.24. The molecule has 54 valence electrons. The third-order valence-corrected chi connectivity index (χ3v) is 2.00. The summed E-state index contributed by atoms with van der Waals surface area (Å²) in [5, 5.41) is 3.06. The topological polar surface area (TPSA) is 12.0 Å². The summed E-state index contributed by atoms with van der Waals surface area (Å²) in [6.07, 6.45) is 1.13. The molecule has 1 N–H and O–H groups in total. The maximum Gasteiger partial charge on any atom is 0.00883 e. The summed E-state index contributed by atoms with van der Waals surface area (Å²) in [7, 11) is 1.92. The summed E-state index contributed by atoms with van der Waals surface area (Å²) in [6, 6.07) is 0. The average molecular weight is 127 g/mol. The molecule has 1 heteroatoms. The lowest BCUT2D eigenvalue weighted by atomic mass is 9.87. The minimum atomic E-state index is 0.245. The van der Waals surface area contributed by atoms with Gasteiger partial charge in [0.1, 0.15) is 0 Å². The molecule has 0 saturated carbocycles. The van der Waals surface area contributed by atoms with Crippen LogP contribution in [0.15, 0.2) is 12.3 Å². The molecule has 0 radical (unpaired) electrons. The maximum absolute atomic E-state index is 3.90. The SMILES string of the molecule is C=C(NC)C(C)(C)CC. The zero-order valence-electron chi connectivity index (χ0n) is 6.91. The van der Waals surface area contributed by atoms with Crippen molar-refractivity contribution in [3.8, 4) is 0 Å². The van der Waals surface area contributed by atoms with Crippen LogP contribution in [0.3, 0.4) is 0 Å². The van der Waals surface area contributed by atoms with Gasteiger partial charge >= 0.3 is 0 Å². The third kappa shape index (κ3) is 2.08. The summed E-state index contributed by atoms with van der Waals surface area (Å²) >= 11 is 0. The van der Waals surface area contributed by atoms with Crippen LogP contribution >= 0.6 is 0 Å². The second-order valence-electron chi connectivity index (χ2n) is 2.97. The van der Waals surface area contributed by atoms with E-state index in [0.717, 1.165) is 12.1 Å². The van der Waals surface area contributed by atoms with E-state index in [1.165, 1.54) is 0 Å². The number of hydrogen-bond acceptors (Lipinski definition) is 1. The van der Waals surface area contributed by atoms with Gasteiger partial charge in [-0.3, -0.25) is 0 Å². The monoisotopic (exact) mass is 127 g/mol. The van der Waals surface area contributed by atoms with Crippen LogP contribution in [-0.4, -0.2) is 7.05 Å². The lowest BCUT2D eigenvalue weighted by molar-refractivity contribution is 0.408. The molecule has 0 spiro atoms. The Morgan fingerprint density at radius 3 is 2.11 bits per heavy atom. The zero-order valence-corrected chi connectivity index (χ0v) is 6.91. The van der Waals surface area contributed by atoms with Gasteiger partial charge in [-0.1, -0.05) is 27.4 Å². The molecule has 0 aromatic carbocycles. The Bertz CT molecular complexity index is 103. The van der Waals surface area contributed by atoms with Crippen LogP contribution in [0.1, 0.15) is 27.2 Å². The van der Waals surface area contributed by atoms with Crippen LogP contribution in [0.2, 0.25) is 0 Å². The van der Waals surface area contributed by atoms with Crippen LogP contribution in [0.5, 0.6) is 0 Å². The fourth-order valence-electron chi connectivity index (χ4n) is 0.552. The minimum absolute atomic E-state index is 0.245. The molecule has 0 amide bonds. The van der Waals surface area contributed by atoms with Gasteiger partial charge in [0, 0.05) is 18.2 Å². The Labute approximate surface area is 58.2 Å². The van der Waals surface area contributed by atoms with Crippen molar-refractivity contribution in [3.05, 3.63) is 12.3 Å². The molecule has 0 unspecified atom stereocenters. The first-order valence-electron chi connectivity index (χ1n) is 3.41. The quantitative estimate of drug-likeness (QED) is 0.612. The standard InChI is InChI=1S/C8H17N/c1-6-8(3,4)7(2)9-5/h9H,2,6H2,1,3-5H3. The Kier molecular flexibility index (Phi) is 2.75. The Hall–Kier alpha value is -0.460. The number of allylic oxidation sites excluding steroid dienone is 1. The van der Waals surface area contributed by atoms with E-state index in [4.69, 9.17) is 0 Å². The van der Waals surface area contributed by atoms with Crippen LogP contribution in [0, 0.1) is 5.41 Å². The lowest BCUT2D eigenvalue weighted by Crippen LogP contribution is -2.22. The Morgan fingerprint density at radius 2 is 2.00 bits per heavy atom. The molecular formula is C8H17N. The second kappa shape index (κ2) is 2.90. The van der Waals surface area contributed by atoms with E-state index in [1.54, 1.807) is 0 Å². The molecule has 0 aliphatic carbocycles. The van der Waals surface area contributed by atoms with Gasteiger partial charge in [-0.25, -0.2) is 0 Å². The van der Waals surface area contributed by atoms with E-state index in [2.05, 4.69) is 32.7 Å². The molecule has 1 nitrogen and oxygen atoms in total. The van der Waals surface area contributed by atoms with Crippen molar-refractivity contribution < 1.29 is 0 Å². The normalized spacial score (nSPS) is 11.1. The van der Waals surface area contributed by atoms with Gasteiger partial charge < -0.3 is 5.32 Å². The van der Waals surface area contributed by atoms with Crippen molar-refractivity contribution in [2.75, 3.05) is 7.05 Å². The highest BCUT2D eigenvalue weighted by Gasteiger charge is 2.17. The number of rotatable bonds is 3. The predicted molar refractivity (Wildman–Crippen MR) is 42.3 cm³/mol. The molecule has 0 fully saturated rings. The molecule has 9 heavy (non-hydrogen) atoms.